The lowest BCUT2D eigenvalue weighted by atomic mass is 9.80. The molecule has 0 radical (unpaired) electrons. The first-order valence-electron chi connectivity index (χ1n) is 21.6. The third kappa shape index (κ3) is 5.10. The molecule has 2 heterocycles. The van der Waals surface area contributed by atoms with Crippen LogP contribution in [0.2, 0.25) is 0 Å². The molecule has 2 aliphatic carbocycles. The average molecular weight is 790 g/mol. The highest BCUT2D eigenvalue weighted by molar-refractivity contribution is 6.12. The molecule has 0 amide bonds. The molecule has 0 fully saturated rings. The Morgan fingerprint density at radius 2 is 1.10 bits per heavy atom. The maximum atomic E-state index is 6.63. The van der Waals surface area contributed by atoms with E-state index in [1.165, 1.54) is 60.8 Å². The van der Waals surface area contributed by atoms with Crippen LogP contribution >= 0.6 is 0 Å². The molecule has 0 aliphatic heterocycles. The van der Waals surface area contributed by atoms with Gasteiger partial charge in [0.25, 0.3) is 0 Å². The Labute approximate surface area is 356 Å². The van der Waals surface area contributed by atoms with Crippen LogP contribution in [0.4, 0.5) is 17.1 Å². The first-order valence-corrected chi connectivity index (χ1v) is 21.6. The maximum Gasteiger partial charge on any atom is 0.143 e. The van der Waals surface area contributed by atoms with E-state index in [2.05, 4.69) is 205 Å². The fraction of sp³-hybridized carbons (Fsp3) is 0.172. The van der Waals surface area contributed by atoms with E-state index in [9.17, 15) is 0 Å². The molecule has 8 aromatic carbocycles. The summed E-state index contributed by atoms with van der Waals surface area (Å²) < 4.78 is 13.1. The molecule has 12 rings (SSSR count). The summed E-state index contributed by atoms with van der Waals surface area (Å²) in [5.74, 6) is 0. The third-order valence-corrected chi connectivity index (χ3v) is 14.0. The number of fused-ring (bicyclic) bond motifs is 13. The van der Waals surface area contributed by atoms with Crippen molar-refractivity contribution < 1.29 is 8.83 Å². The summed E-state index contributed by atoms with van der Waals surface area (Å²) in [6.07, 6.45) is 0. The molecular weight excluding hydrogens is 743 g/mol. The van der Waals surface area contributed by atoms with Crippen LogP contribution in [-0.4, -0.2) is 0 Å². The van der Waals surface area contributed by atoms with Crippen molar-refractivity contribution in [1.29, 1.82) is 0 Å². The standard InChI is InChI=1S/C58H47NO2/c1-56(2,3)35-21-26-45-52(31-35)60-51-30-28-43-46-32-37(25-29-48(46)58(6,7)54(43)53(45)51)59(38-24-27-41-40-13-8-10-17-47(40)57(4,5)49(41)33-38)36-22-19-34(20-23-36)39-15-12-16-44-42-14-9-11-18-50(42)61-55(39)44/h8-33H,1-7H3. The van der Waals surface area contributed by atoms with Crippen molar-refractivity contribution in [2.45, 2.75) is 64.7 Å². The first-order chi connectivity index (χ1) is 29.4. The zero-order valence-corrected chi connectivity index (χ0v) is 35.8. The van der Waals surface area contributed by atoms with Crippen LogP contribution in [0.3, 0.4) is 0 Å². The van der Waals surface area contributed by atoms with E-state index in [-0.39, 0.29) is 16.2 Å². The Hall–Kier alpha value is -6.84. The molecule has 0 saturated carbocycles. The van der Waals surface area contributed by atoms with Crippen molar-refractivity contribution >= 4 is 60.9 Å². The molecule has 3 heteroatoms. The van der Waals surface area contributed by atoms with Crippen LogP contribution in [0.5, 0.6) is 0 Å². The predicted octanol–water partition coefficient (Wildman–Crippen LogP) is 16.5. The van der Waals surface area contributed by atoms with E-state index in [1.54, 1.807) is 0 Å². The van der Waals surface area contributed by atoms with Crippen molar-refractivity contribution in [3.63, 3.8) is 0 Å². The second kappa shape index (κ2) is 12.4. The fourth-order valence-electron chi connectivity index (χ4n) is 10.8. The number of furan rings is 2. The van der Waals surface area contributed by atoms with Gasteiger partial charge in [-0.2, -0.15) is 0 Å². The first kappa shape index (κ1) is 36.0. The minimum absolute atomic E-state index is 0.0361. The second-order valence-electron chi connectivity index (χ2n) is 19.3. The monoisotopic (exact) mass is 789 g/mol. The van der Waals surface area contributed by atoms with Gasteiger partial charge in [0.2, 0.25) is 0 Å². The lowest BCUT2D eigenvalue weighted by molar-refractivity contribution is 0.587. The van der Waals surface area contributed by atoms with Crippen molar-refractivity contribution in [1.82, 2.24) is 0 Å². The molecular formula is C58H47NO2. The Morgan fingerprint density at radius 1 is 0.426 bits per heavy atom. The summed E-state index contributed by atoms with van der Waals surface area (Å²) >= 11 is 0. The van der Waals surface area contributed by atoms with E-state index >= 15 is 0 Å². The SMILES string of the molecule is CC(C)(C)c1ccc2c(c1)oc1ccc3c(c12)C(C)(C)c1ccc(N(c2ccc(-c4cccc5c4oc4ccccc45)cc2)c2ccc4c(c2)C(C)(C)c2ccccc2-4)cc1-3. The number of para-hydroxylation sites is 2. The Morgan fingerprint density at radius 3 is 1.93 bits per heavy atom. The quantitative estimate of drug-likeness (QED) is 0.178. The van der Waals surface area contributed by atoms with Crippen LogP contribution in [-0.2, 0) is 16.2 Å². The van der Waals surface area contributed by atoms with Gasteiger partial charge in [-0.25, -0.2) is 0 Å². The van der Waals surface area contributed by atoms with Crippen molar-refractivity contribution in [3.05, 3.63) is 186 Å². The highest BCUT2D eigenvalue weighted by Crippen LogP contribution is 2.56. The fourth-order valence-corrected chi connectivity index (χ4v) is 10.8. The van der Waals surface area contributed by atoms with Crippen LogP contribution in [0.15, 0.2) is 167 Å². The summed E-state index contributed by atoms with van der Waals surface area (Å²) in [6.45, 7) is 16.2. The van der Waals surface area contributed by atoms with Crippen molar-refractivity contribution in [2.75, 3.05) is 4.90 Å². The van der Waals surface area contributed by atoms with E-state index in [1.807, 2.05) is 6.07 Å². The summed E-state index contributed by atoms with van der Waals surface area (Å²) in [5, 5.41) is 4.68. The zero-order chi connectivity index (χ0) is 41.6. The number of nitrogens with zero attached hydrogens (tertiary/aromatic N) is 1. The molecule has 0 atom stereocenters. The third-order valence-electron chi connectivity index (χ3n) is 14.0. The molecule has 0 bridgehead atoms. The summed E-state index contributed by atoms with van der Waals surface area (Å²) in [7, 11) is 0. The highest BCUT2D eigenvalue weighted by atomic mass is 16.3. The van der Waals surface area contributed by atoms with Crippen LogP contribution in [0, 0.1) is 0 Å². The molecule has 0 N–H and O–H groups in total. The van der Waals surface area contributed by atoms with Gasteiger partial charge in [0, 0.05) is 55.0 Å². The topological polar surface area (TPSA) is 29.5 Å². The van der Waals surface area contributed by atoms with Gasteiger partial charge in [0.05, 0.1) is 0 Å². The Bertz CT molecular complexity index is 3460. The van der Waals surface area contributed by atoms with Gasteiger partial charge in [-0.15, -0.1) is 0 Å². The minimum atomic E-state index is -0.226. The van der Waals surface area contributed by atoms with Gasteiger partial charge >= 0.3 is 0 Å². The molecule has 0 saturated heterocycles. The van der Waals surface area contributed by atoms with Crippen LogP contribution in [0.25, 0.3) is 77.3 Å². The van der Waals surface area contributed by atoms with Crippen LogP contribution < -0.4 is 4.90 Å². The van der Waals surface area contributed by atoms with Gasteiger partial charge in [0.1, 0.15) is 22.3 Å². The number of hydrogen-bond acceptors (Lipinski definition) is 3. The largest absolute Gasteiger partial charge is 0.456 e. The molecule has 2 aliphatic rings. The second-order valence-corrected chi connectivity index (χ2v) is 19.3. The molecule has 0 spiro atoms. The van der Waals surface area contributed by atoms with E-state index in [0.29, 0.717) is 0 Å². The minimum Gasteiger partial charge on any atom is -0.456 e. The van der Waals surface area contributed by atoms with Crippen LogP contribution in [0.1, 0.15) is 76.3 Å². The summed E-state index contributed by atoms with van der Waals surface area (Å²) in [6, 6.07) is 58.1. The lowest BCUT2D eigenvalue weighted by Gasteiger charge is -2.29. The predicted molar refractivity (Wildman–Crippen MR) is 255 cm³/mol. The van der Waals surface area contributed by atoms with Gasteiger partial charge < -0.3 is 13.7 Å². The normalized spacial score (nSPS) is 14.7. The summed E-state index contributed by atoms with van der Waals surface area (Å²) in [4.78, 5) is 2.44. The zero-order valence-electron chi connectivity index (χ0n) is 35.8. The molecule has 0 unspecified atom stereocenters. The lowest BCUT2D eigenvalue weighted by Crippen LogP contribution is -2.17. The van der Waals surface area contributed by atoms with Crippen molar-refractivity contribution in [2.24, 2.45) is 0 Å². The van der Waals surface area contributed by atoms with Crippen molar-refractivity contribution in [3.8, 4) is 33.4 Å². The molecule has 61 heavy (non-hydrogen) atoms. The van der Waals surface area contributed by atoms with Gasteiger partial charge in [-0.05, 0) is 116 Å². The Balaban J connectivity index is 1.03. The smallest absolute Gasteiger partial charge is 0.143 e. The highest BCUT2D eigenvalue weighted by Gasteiger charge is 2.39. The molecule has 2 aromatic heterocycles. The number of hydrogen-bond donors (Lipinski definition) is 0. The van der Waals surface area contributed by atoms with E-state index in [0.717, 1.165) is 61.3 Å². The summed E-state index contributed by atoms with van der Waals surface area (Å²) in [5.41, 5.74) is 20.8. The Kier molecular flexibility index (Phi) is 7.31. The maximum absolute atomic E-state index is 6.63. The number of rotatable bonds is 4. The van der Waals surface area contributed by atoms with E-state index in [4.69, 9.17) is 8.83 Å². The van der Waals surface area contributed by atoms with E-state index < -0.39 is 0 Å². The number of anilines is 3. The average Bonchev–Trinajstić information content (AvgIpc) is 3.96. The van der Waals surface area contributed by atoms with Gasteiger partial charge in [-0.1, -0.05) is 152 Å². The van der Waals surface area contributed by atoms with Gasteiger partial charge in [0.15, 0.2) is 0 Å². The molecule has 296 valence electrons. The molecule has 3 nitrogen and oxygen atoms in total. The number of benzene rings is 8. The molecule has 10 aromatic rings. The van der Waals surface area contributed by atoms with Gasteiger partial charge in [-0.3, -0.25) is 0 Å².